The van der Waals surface area contributed by atoms with E-state index >= 15 is 0 Å². The first-order chi connectivity index (χ1) is 7.24. The van der Waals surface area contributed by atoms with Gasteiger partial charge in [-0.15, -0.1) is 0 Å². The fraction of sp³-hybridized carbons (Fsp3) is 0.636. The van der Waals surface area contributed by atoms with E-state index in [2.05, 4.69) is 24.3 Å². The molecule has 4 heteroatoms. The number of rotatable bonds is 3. The molecule has 0 radical (unpaired) electrons. The minimum atomic E-state index is 0.163. The van der Waals surface area contributed by atoms with Crippen LogP contribution < -0.4 is 5.32 Å². The van der Waals surface area contributed by atoms with Crippen molar-refractivity contribution >= 4 is 5.91 Å². The standard InChI is InChI=1S/C11H17N3O/c1-3-10-9(5-11(15)13-10)8-6-12-14(4-2)7-8/h6-7,9-10H,3-5H2,1-2H3,(H,13,15). The Morgan fingerprint density at radius 1 is 1.60 bits per heavy atom. The lowest BCUT2D eigenvalue weighted by Gasteiger charge is -2.14. The molecule has 0 spiro atoms. The van der Waals surface area contributed by atoms with Crippen LogP contribution >= 0.6 is 0 Å². The molecular formula is C11H17N3O. The molecule has 2 rings (SSSR count). The third-order valence-electron chi connectivity index (χ3n) is 3.08. The maximum Gasteiger partial charge on any atom is 0.220 e. The van der Waals surface area contributed by atoms with Gasteiger partial charge in [-0.1, -0.05) is 6.92 Å². The summed E-state index contributed by atoms with van der Waals surface area (Å²) in [6.45, 7) is 5.05. The van der Waals surface area contributed by atoms with Gasteiger partial charge in [0.15, 0.2) is 0 Å². The third-order valence-corrected chi connectivity index (χ3v) is 3.08. The maximum absolute atomic E-state index is 11.3. The molecule has 0 saturated carbocycles. The van der Waals surface area contributed by atoms with E-state index in [1.54, 1.807) is 0 Å². The number of carbonyl (C=O) groups excluding carboxylic acids is 1. The lowest BCUT2D eigenvalue weighted by Crippen LogP contribution is -2.27. The summed E-state index contributed by atoms with van der Waals surface area (Å²) < 4.78 is 1.91. The summed E-state index contributed by atoms with van der Waals surface area (Å²) in [5, 5.41) is 7.25. The maximum atomic E-state index is 11.3. The van der Waals surface area contributed by atoms with E-state index in [-0.39, 0.29) is 11.9 Å². The number of amides is 1. The van der Waals surface area contributed by atoms with Crippen molar-refractivity contribution in [3.8, 4) is 0 Å². The van der Waals surface area contributed by atoms with Gasteiger partial charge in [0.25, 0.3) is 0 Å². The molecule has 1 amide bonds. The first-order valence-electron chi connectivity index (χ1n) is 5.56. The molecule has 0 aromatic carbocycles. The Kier molecular flexibility index (Phi) is 2.75. The molecule has 2 heterocycles. The number of aryl methyl sites for hydroxylation is 1. The molecule has 82 valence electrons. The van der Waals surface area contributed by atoms with Crippen molar-refractivity contribution < 1.29 is 4.79 Å². The highest BCUT2D eigenvalue weighted by molar-refractivity contribution is 5.80. The van der Waals surface area contributed by atoms with Gasteiger partial charge in [0.1, 0.15) is 0 Å². The van der Waals surface area contributed by atoms with Crippen molar-refractivity contribution in [1.29, 1.82) is 0 Å². The lowest BCUT2D eigenvalue weighted by molar-refractivity contribution is -0.119. The van der Waals surface area contributed by atoms with Crippen molar-refractivity contribution in [2.24, 2.45) is 0 Å². The molecule has 1 N–H and O–H groups in total. The van der Waals surface area contributed by atoms with Gasteiger partial charge in [-0.2, -0.15) is 5.10 Å². The molecule has 1 saturated heterocycles. The highest BCUT2D eigenvalue weighted by Gasteiger charge is 2.32. The summed E-state index contributed by atoms with van der Waals surface area (Å²) in [5.41, 5.74) is 1.18. The number of aromatic nitrogens is 2. The highest BCUT2D eigenvalue weighted by atomic mass is 16.2. The van der Waals surface area contributed by atoms with Crippen LogP contribution in [0.4, 0.5) is 0 Å². The Balaban J connectivity index is 2.18. The second-order valence-electron chi connectivity index (χ2n) is 4.02. The summed E-state index contributed by atoms with van der Waals surface area (Å²) in [7, 11) is 0. The molecule has 1 aliphatic heterocycles. The van der Waals surface area contributed by atoms with Gasteiger partial charge in [0.2, 0.25) is 5.91 Å². The molecule has 4 nitrogen and oxygen atoms in total. The van der Waals surface area contributed by atoms with Gasteiger partial charge in [0.05, 0.1) is 6.20 Å². The summed E-state index contributed by atoms with van der Waals surface area (Å²) in [5.74, 6) is 0.471. The zero-order chi connectivity index (χ0) is 10.8. The first kappa shape index (κ1) is 10.2. The number of nitrogens with zero attached hydrogens (tertiary/aromatic N) is 2. The van der Waals surface area contributed by atoms with E-state index in [4.69, 9.17) is 0 Å². The van der Waals surface area contributed by atoms with Crippen LogP contribution in [0.15, 0.2) is 12.4 Å². The number of hydrogen-bond acceptors (Lipinski definition) is 2. The van der Waals surface area contributed by atoms with Crippen LogP contribution in [0.3, 0.4) is 0 Å². The zero-order valence-corrected chi connectivity index (χ0v) is 9.23. The molecule has 0 bridgehead atoms. The molecule has 2 unspecified atom stereocenters. The smallest absolute Gasteiger partial charge is 0.220 e. The normalized spacial score (nSPS) is 25.6. The van der Waals surface area contributed by atoms with Crippen LogP contribution in [0.1, 0.15) is 38.2 Å². The Morgan fingerprint density at radius 2 is 2.40 bits per heavy atom. The summed E-state index contributed by atoms with van der Waals surface area (Å²) >= 11 is 0. The van der Waals surface area contributed by atoms with Crippen molar-refractivity contribution in [1.82, 2.24) is 15.1 Å². The van der Waals surface area contributed by atoms with Crippen LogP contribution in [0, 0.1) is 0 Å². The second-order valence-corrected chi connectivity index (χ2v) is 4.02. The van der Waals surface area contributed by atoms with Gasteiger partial charge in [-0.05, 0) is 18.9 Å². The van der Waals surface area contributed by atoms with Crippen LogP contribution in [0.5, 0.6) is 0 Å². The molecule has 1 aliphatic rings. The van der Waals surface area contributed by atoms with E-state index in [1.807, 2.05) is 17.1 Å². The molecule has 15 heavy (non-hydrogen) atoms. The van der Waals surface area contributed by atoms with E-state index in [9.17, 15) is 4.79 Å². The van der Waals surface area contributed by atoms with E-state index in [1.165, 1.54) is 5.56 Å². The predicted octanol–water partition coefficient (Wildman–Crippen LogP) is 1.29. The third kappa shape index (κ3) is 1.89. The number of hydrogen-bond donors (Lipinski definition) is 1. The second kappa shape index (κ2) is 4.04. The van der Waals surface area contributed by atoms with Crippen LogP contribution in [0.2, 0.25) is 0 Å². The number of carbonyl (C=O) groups is 1. The zero-order valence-electron chi connectivity index (χ0n) is 9.23. The average molecular weight is 207 g/mol. The number of nitrogens with one attached hydrogen (secondary N) is 1. The largest absolute Gasteiger partial charge is 0.353 e. The van der Waals surface area contributed by atoms with Crippen LogP contribution in [-0.4, -0.2) is 21.7 Å². The molecule has 2 atom stereocenters. The topological polar surface area (TPSA) is 46.9 Å². The Bertz CT molecular complexity index is 358. The fourth-order valence-corrected chi connectivity index (χ4v) is 2.19. The molecule has 0 aliphatic carbocycles. The van der Waals surface area contributed by atoms with Gasteiger partial charge in [-0.25, -0.2) is 0 Å². The predicted molar refractivity (Wildman–Crippen MR) is 57.5 cm³/mol. The quantitative estimate of drug-likeness (QED) is 0.811. The lowest BCUT2D eigenvalue weighted by atomic mass is 9.93. The Morgan fingerprint density at radius 3 is 3.00 bits per heavy atom. The summed E-state index contributed by atoms with van der Waals surface area (Å²) in [4.78, 5) is 11.3. The molecule has 1 aromatic rings. The molecule has 1 fully saturated rings. The van der Waals surface area contributed by atoms with Crippen molar-refractivity contribution in [3.05, 3.63) is 18.0 Å². The highest BCUT2D eigenvalue weighted by Crippen LogP contribution is 2.29. The minimum Gasteiger partial charge on any atom is -0.353 e. The molecular weight excluding hydrogens is 190 g/mol. The van der Waals surface area contributed by atoms with Crippen molar-refractivity contribution in [2.75, 3.05) is 0 Å². The molecule has 1 aromatic heterocycles. The van der Waals surface area contributed by atoms with Crippen LogP contribution in [0.25, 0.3) is 0 Å². The van der Waals surface area contributed by atoms with Crippen molar-refractivity contribution in [2.45, 2.75) is 45.2 Å². The Labute approximate surface area is 89.7 Å². The van der Waals surface area contributed by atoms with Gasteiger partial charge >= 0.3 is 0 Å². The minimum absolute atomic E-state index is 0.163. The van der Waals surface area contributed by atoms with E-state index in [0.717, 1.165) is 13.0 Å². The average Bonchev–Trinajstić information content (AvgIpc) is 2.82. The summed E-state index contributed by atoms with van der Waals surface area (Å²) in [6.07, 6.45) is 5.52. The van der Waals surface area contributed by atoms with Crippen molar-refractivity contribution in [3.63, 3.8) is 0 Å². The van der Waals surface area contributed by atoms with E-state index < -0.39 is 0 Å². The first-order valence-corrected chi connectivity index (χ1v) is 5.56. The van der Waals surface area contributed by atoms with Crippen LogP contribution in [-0.2, 0) is 11.3 Å². The SMILES string of the molecule is CCC1NC(=O)CC1c1cnn(CC)c1. The van der Waals surface area contributed by atoms with E-state index in [0.29, 0.717) is 12.3 Å². The van der Waals surface area contributed by atoms with Gasteiger partial charge in [-0.3, -0.25) is 9.48 Å². The Hall–Kier alpha value is -1.32. The van der Waals surface area contributed by atoms with Gasteiger partial charge in [0, 0.05) is 31.1 Å². The monoisotopic (exact) mass is 207 g/mol. The summed E-state index contributed by atoms with van der Waals surface area (Å²) in [6, 6.07) is 0.284. The van der Waals surface area contributed by atoms with Gasteiger partial charge < -0.3 is 5.32 Å². The fourth-order valence-electron chi connectivity index (χ4n) is 2.19.